The predicted molar refractivity (Wildman–Crippen MR) is 118 cm³/mol. The molecule has 32 heavy (non-hydrogen) atoms. The lowest BCUT2D eigenvalue weighted by molar-refractivity contribution is -0.132. The molecule has 7 heteroatoms. The lowest BCUT2D eigenvalue weighted by Gasteiger charge is -2.08. The van der Waals surface area contributed by atoms with Crippen LogP contribution >= 0.6 is 0 Å². The second kappa shape index (κ2) is 9.18. The molecule has 160 valence electrons. The Morgan fingerprint density at radius 1 is 0.938 bits per heavy atom. The molecule has 0 bridgehead atoms. The van der Waals surface area contributed by atoms with Gasteiger partial charge in [-0.3, -0.25) is 4.79 Å². The molecule has 0 N–H and O–H groups in total. The van der Waals surface area contributed by atoms with Gasteiger partial charge in [0.05, 0.1) is 7.11 Å². The van der Waals surface area contributed by atoms with E-state index in [1.165, 1.54) is 14.0 Å². The van der Waals surface area contributed by atoms with Crippen molar-refractivity contribution < 1.29 is 28.5 Å². The number of nitrogens with zero attached hydrogens (tertiary/aromatic N) is 1. The molecule has 1 heterocycles. The van der Waals surface area contributed by atoms with Gasteiger partial charge in [-0.25, -0.2) is 9.79 Å². The number of carbonyl (C=O) groups is 2. The largest absolute Gasteiger partial charge is 0.493 e. The van der Waals surface area contributed by atoms with Crippen LogP contribution in [0, 0.1) is 0 Å². The smallest absolute Gasteiger partial charge is 0.363 e. The lowest BCUT2D eigenvalue weighted by Crippen LogP contribution is -2.05. The summed E-state index contributed by atoms with van der Waals surface area (Å²) >= 11 is 0. The van der Waals surface area contributed by atoms with Gasteiger partial charge in [0.15, 0.2) is 17.2 Å². The molecule has 3 aromatic rings. The van der Waals surface area contributed by atoms with E-state index in [2.05, 4.69) is 4.99 Å². The zero-order valence-corrected chi connectivity index (χ0v) is 17.4. The van der Waals surface area contributed by atoms with Crippen LogP contribution in [0.1, 0.15) is 18.1 Å². The van der Waals surface area contributed by atoms with Gasteiger partial charge in [0.1, 0.15) is 11.5 Å². The third-order valence-electron chi connectivity index (χ3n) is 4.45. The molecule has 0 unspecified atom stereocenters. The number of hydrogen-bond acceptors (Lipinski definition) is 7. The second-order valence-electron chi connectivity index (χ2n) is 6.78. The van der Waals surface area contributed by atoms with E-state index in [-0.39, 0.29) is 17.3 Å². The minimum atomic E-state index is -0.575. The number of carbonyl (C=O) groups excluding carboxylic acids is 2. The van der Waals surface area contributed by atoms with Crippen LogP contribution in [-0.2, 0) is 14.3 Å². The topological polar surface area (TPSA) is 83.4 Å². The van der Waals surface area contributed by atoms with E-state index in [0.29, 0.717) is 22.6 Å². The maximum atomic E-state index is 12.3. The first-order chi connectivity index (χ1) is 15.5. The number of methoxy groups -OCH3 is 1. The van der Waals surface area contributed by atoms with Crippen LogP contribution in [0.5, 0.6) is 23.0 Å². The van der Waals surface area contributed by atoms with Crippen LogP contribution in [0.25, 0.3) is 6.08 Å². The normalized spacial score (nSPS) is 14.0. The lowest BCUT2D eigenvalue weighted by atomic mass is 10.1. The standard InChI is InChI=1S/C25H19NO6/c1-16(27)30-23-15-17(8-13-22(23)29-2)14-21-25(28)32-24(26-21)18-9-11-20(12-10-18)31-19-6-4-3-5-7-19/h3-15H,1-2H3. The van der Waals surface area contributed by atoms with Gasteiger partial charge >= 0.3 is 11.9 Å². The summed E-state index contributed by atoms with van der Waals surface area (Å²) in [5.74, 6) is 1.17. The molecule has 0 spiro atoms. The SMILES string of the molecule is COc1ccc(C=C2N=C(c3ccc(Oc4ccccc4)cc3)OC2=O)cc1OC(C)=O. The third-order valence-corrected chi connectivity index (χ3v) is 4.45. The van der Waals surface area contributed by atoms with Crippen molar-refractivity contribution in [3.05, 3.63) is 89.6 Å². The van der Waals surface area contributed by atoms with Crippen LogP contribution in [0.4, 0.5) is 0 Å². The number of esters is 2. The molecule has 7 nitrogen and oxygen atoms in total. The van der Waals surface area contributed by atoms with Crippen molar-refractivity contribution in [3.63, 3.8) is 0 Å². The first-order valence-electron chi connectivity index (χ1n) is 9.74. The number of rotatable bonds is 6. The zero-order chi connectivity index (χ0) is 22.5. The van der Waals surface area contributed by atoms with E-state index in [9.17, 15) is 9.59 Å². The van der Waals surface area contributed by atoms with Gasteiger partial charge in [-0.15, -0.1) is 0 Å². The maximum absolute atomic E-state index is 12.3. The average Bonchev–Trinajstić information content (AvgIpc) is 3.15. The van der Waals surface area contributed by atoms with Crippen molar-refractivity contribution in [1.82, 2.24) is 0 Å². The number of aliphatic imine (C=N–C) groups is 1. The number of para-hydroxylation sites is 1. The van der Waals surface area contributed by atoms with Gasteiger partial charge < -0.3 is 18.9 Å². The molecular weight excluding hydrogens is 410 g/mol. The molecule has 1 aliphatic rings. The minimum absolute atomic E-state index is 0.128. The van der Waals surface area contributed by atoms with Crippen molar-refractivity contribution in [2.24, 2.45) is 4.99 Å². The first-order valence-corrected chi connectivity index (χ1v) is 9.74. The molecule has 0 radical (unpaired) electrons. The van der Waals surface area contributed by atoms with Gasteiger partial charge in [0.25, 0.3) is 0 Å². The van der Waals surface area contributed by atoms with Crippen LogP contribution in [0.3, 0.4) is 0 Å². The Bertz CT molecular complexity index is 1210. The molecule has 0 fully saturated rings. The van der Waals surface area contributed by atoms with Gasteiger partial charge in [-0.05, 0) is 60.2 Å². The Morgan fingerprint density at radius 2 is 1.66 bits per heavy atom. The fourth-order valence-corrected chi connectivity index (χ4v) is 3.00. The van der Waals surface area contributed by atoms with Gasteiger partial charge in [0, 0.05) is 12.5 Å². The van der Waals surface area contributed by atoms with Crippen LogP contribution in [-0.4, -0.2) is 24.9 Å². The zero-order valence-electron chi connectivity index (χ0n) is 17.4. The molecule has 1 aliphatic heterocycles. The summed E-state index contributed by atoms with van der Waals surface area (Å²) in [5.41, 5.74) is 1.37. The molecule has 4 rings (SSSR count). The van der Waals surface area contributed by atoms with E-state index >= 15 is 0 Å². The summed E-state index contributed by atoms with van der Waals surface area (Å²) in [4.78, 5) is 27.9. The van der Waals surface area contributed by atoms with E-state index in [0.717, 1.165) is 5.75 Å². The Kier molecular flexibility index (Phi) is 5.98. The Labute approximate surface area is 184 Å². The minimum Gasteiger partial charge on any atom is -0.493 e. The highest BCUT2D eigenvalue weighted by Crippen LogP contribution is 2.30. The van der Waals surface area contributed by atoms with E-state index < -0.39 is 11.9 Å². The summed E-state index contributed by atoms with van der Waals surface area (Å²) < 4.78 is 21.4. The number of benzene rings is 3. The quantitative estimate of drug-likeness (QED) is 0.319. The molecule has 3 aromatic carbocycles. The summed E-state index contributed by atoms with van der Waals surface area (Å²) in [5, 5.41) is 0. The number of ether oxygens (including phenoxy) is 4. The van der Waals surface area contributed by atoms with Crippen molar-refractivity contribution >= 4 is 23.9 Å². The van der Waals surface area contributed by atoms with Crippen molar-refractivity contribution in [2.45, 2.75) is 6.92 Å². The first kappa shape index (κ1) is 20.9. The van der Waals surface area contributed by atoms with E-state index in [4.69, 9.17) is 18.9 Å². The summed E-state index contributed by atoms with van der Waals surface area (Å²) in [6, 6.07) is 21.4. The van der Waals surface area contributed by atoms with E-state index in [1.54, 1.807) is 48.5 Å². The summed E-state index contributed by atoms with van der Waals surface area (Å²) in [7, 11) is 1.47. The highest BCUT2D eigenvalue weighted by molar-refractivity contribution is 6.12. The van der Waals surface area contributed by atoms with E-state index in [1.807, 2.05) is 30.3 Å². The number of cyclic esters (lactones) is 1. The summed E-state index contributed by atoms with van der Waals surface area (Å²) in [6.07, 6.45) is 1.55. The number of hydrogen-bond donors (Lipinski definition) is 0. The summed E-state index contributed by atoms with van der Waals surface area (Å²) in [6.45, 7) is 1.30. The van der Waals surface area contributed by atoms with Crippen molar-refractivity contribution in [1.29, 1.82) is 0 Å². The molecular formula is C25H19NO6. The molecule has 0 saturated heterocycles. The molecule has 0 amide bonds. The predicted octanol–water partition coefficient (Wildman–Crippen LogP) is 4.76. The fraction of sp³-hybridized carbons (Fsp3) is 0.0800. The van der Waals surface area contributed by atoms with Gasteiger partial charge in [0.2, 0.25) is 5.90 Å². The highest BCUT2D eigenvalue weighted by atomic mass is 16.6. The highest BCUT2D eigenvalue weighted by Gasteiger charge is 2.24. The average molecular weight is 429 g/mol. The fourth-order valence-electron chi connectivity index (χ4n) is 3.00. The molecule has 0 aliphatic carbocycles. The molecule has 0 aromatic heterocycles. The Morgan fingerprint density at radius 3 is 2.34 bits per heavy atom. The van der Waals surface area contributed by atoms with Crippen LogP contribution in [0.15, 0.2) is 83.5 Å². The van der Waals surface area contributed by atoms with Gasteiger partial charge in [-0.1, -0.05) is 24.3 Å². The third kappa shape index (κ3) is 4.84. The second-order valence-corrected chi connectivity index (χ2v) is 6.78. The van der Waals surface area contributed by atoms with Crippen molar-refractivity contribution in [2.75, 3.05) is 7.11 Å². The van der Waals surface area contributed by atoms with Crippen molar-refractivity contribution in [3.8, 4) is 23.0 Å². The molecule has 0 saturated carbocycles. The maximum Gasteiger partial charge on any atom is 0.363 e. The Hall–Kier alpha value is -4.39. The Balaban J connectivity index is 1.54. The monoisotopic (exact) mass is 429 g/mol. The van der Waals surface area contributed by atoms with Crippen LogP contribution < -0.4 is 14.2 Å². The van der Waals surface area contributed by atoms with Crippen LogP contribution in [0.2, 0.25) is 0 Å². The van der Waals surface area contributed by atoms with Gasteiger partial charge in [-0.2, -0.15) is 0 Å². The molecule has 0 atom stereocenters.